The summed E-state index contributed by atoms with van der Waals surface area (Å²) < 4.78 is 0. The molecular formula is C17H26N2O2. The Kier molecular flexibility index (Phi) is 4.88. The quantitative estimate of drug-likeness (QED) is 0.773. The first-order valence-electron chi connectivity index (χ1n) is 7.78. The van der Waals surface area contributed by atoms with Crippen molar-refractivity contribution in [2.24, 2.45) is 0 Å². The van der Waals surface area contributed by atoms with E-state index in [1.54, 1.807) is 6.92 Å². The maximum Gasteiger partial charge on any atom is 0.323 e. The molecule has 1 aliphatic carbocycles. The summed E-state index contributed by atoms with van der Waals surface area (Å²) in [6, 6.07) is 8.65. The number of anilines is 1. The number of benzene rings is 1. The molecule has 1 aliphatic rings. The van der Waals surface area contributed by atoms with Crippen molar-refractivity contribution in [3.8, 4) is 0 Å². The van der Waals surface area contributed by atoms with E-state index in [0.717, 1.165) is 25.9 Å². The average molecular weight is 290 g/mol. The number of hydrogen-bond donors (Lipinski definition) is 2. The van der Waals surface area contributed by atoms with Crippen LogP contribution in [0, 0.1) is 6.92 Å². The van der Waals surface area contributed by atoms with Gasteiger partial charge in [-0.15, -0.1) is 0 Å². The molecule has 1 fully saturated rings. The summed E-state index contributed by atoms with van der Waals surface area (Å²) >= 11 is 0. The third-order valence-electron chi connectivity index (χ3n) is 4.29. The van der Waals surface area contributed by atoms with Crippen LogP contribution in [0.5, 0.6) is 0 Å². The molecule has 0 amide bonds. The van der Waals surface area contributed by atoms with Crippen LogP contribution in [-0.2, 0) is 4.79 Å². The minimum absolute atomic E-state index is 0.389. The molecular weight excluding hydrogens is 264 g/mol. The molecule has 0 saturated heterocycles. The molecule has 4 heteroatoms. The Balaban J connectivity index is 2.04. The number of carboxylic acids is 1. The zero-order valence-corrected chi connectivity index (χ0v) is 13.2. The highest BCUT2D eigenvalue weighted by molar-refractivity contribution is 5.78. The maximum absolute atomic E-state index is 11.6. The van der Waals surface area contributed by atoms with Gasteiger partial charge in [0.25, 0.3) is 0 Å². The van der Waals surface area contributed by atoms with Gasteiger partial charge in [0, 0.05) is 24.8 Å². The minimum Gasteiger partial charge on any atom is -0.480 e. The number of nitrogens with one attached hydrogen (secondary N) is 1. The molecule has 1 aromatic rings. The van der Waals surface area contributed by atoms with Crippen LogP contribution >= 0.6 is 0 Å². The normalized spacial score (nSPS) is 17.3. The Bertz CT molecular complexity index is 499. The van der Waals surface area contributed by atoms with Gasteiger partial charge in [-0.3, -0.25) is 10.1 Å². The van der Waals surface area contributed by atoms with Gasteiger partial charge in [-0.25, -0.2) is 0 Å². The van der Waals surface area contributed by atoms with Gasteiger partial charge in [0.2, 0.25) is 0 Å². The highest BCUT2D eigenvalue weighted by Crippen LogP contribution is 2.26. The van der Waals surface area contributed by atoms with Crippen molar-refractivity contribution in [2.45, 2.75) is 51.6 Å². The molecule has 21 heavy (non-hydrogen) atoms. The predicted octanol–water partition coefficient (Wildman–Crippen LogP) is 2.81. The summed E-state index contributed by atoms with van der Waals surface area (Å²) in [4.78, 5) is 13.9. The molecule has 0 radical (unpaired) electrons. The van der Waals surface area contributed by atoms with E-state index >= 15 is 0 Å². The fraction of sp³-hybridized carbons (Fsp3) is 0.588. The first kappa shape index (κ1) is 15.8. The van der Waals surface area contributed by atoms with Gasteiger partial charge in [0.15, 0.2) is 0 Å². The van der Waals surface area contributed by atoms with E-state index in [1.165, 1.54) is 11.3 Å². The molecule has 0 heterocycles. The topological polar surface area (TPSA) is 52.6 Å². The first-order chi connectivity index (χ1) is 9.96. The van der Waals surface area contributed by atoms with E-state index in [-0.39, 0.29) is 0 Å². The SMILES string of the molecule is CCN(CCC(C)(NC1CC1)C(=O)O)c1ccccc1C. The third kappa shape index (κ3) is 3.97. The van der Waals surface area contributed by atoms with Crippen LogP contribution in [0.25, 0.3) is 0 Å². The number of aryl methyl sites for hydroxylation is 1. The van der Waals surface area contributed by atoms with Gasteiger partial charge in [0.05, 0.1) is 0 Å². The van der Waals surface area contributed by atoms with Crippen molar-refractivity contribution in [3.05, 3.63) is 29.8 Å². The second-order valence-corrected chi connectivity index (χ2v) is 6.17. The zero-order chi connectivity index (χ0) is 15.5. The van der Waals surface area contributed by atoms with Gasteiger partial charge in [0.1, 0.15) is 5.54 Å². The number of carbonyl (C=O) groups is 1. The average Bonchev–Trinajstić information content (AvgIpc) is 3.25. The number of aliphatic carboxylic acids is 1. The molecule has 0 spiro atoms. The lowest BCUT2D eigenvalue weighted by Crippen LogP contribution is -2.52. The molecule has 1 aromatic carbocycles. The van der Waals surface area contributed by atoms with Gasteiger partial charge >= 0.3 is 5.97 Å². The molecule has 0 aromatic heterocycles. The summed E-state index contributed by atoms with van der Waals surface area (Å²) in [7, 11) is 0. The number of nitrogens with zero attached hydrogens (tertiary/aromatic N) is 1. The molecule has 4 nitrogen and oxygen atoms in total. The van der Waals surface area contributed by atoms with Gasteiger partial charge < -0.3 is 10.0 Å². The van der Waals surface area contributed by atoms with Crippen molar-refractivity contribution in [1.29, 1.82) is 0 Å². The minimum atomic E-state index is -0.836. The predicted molar refractivity (Wildman–Crippen MR) is 85.9 cm³/mol. The monoisotopic (exact) mass is 290 g/mol. The molecule has 1 unspecified atom stereocenters. The fourth-order valence-electron chi connectivity index (χ4n) is 2.64. The lowest BCUT2D eigenvalue weighted by atomic mass is 9.97. The van der Waals surface area contributed by atoms with Crippen molar-refractivity contribution >= 4 is 11.7 Å². The van der Waals surface area contributed by atoms with Crippen LogP contribution in [0.15, 0.2) is 24.3 Å². The summed E-state index contributed by atoms with van der Waals surface area (Å²) in [5, 5.41) is 12.8. The zero-order valence-electron chi connectivity index (χ0n) is 13.2. The lowest BCUT2D eigenvalue weighted by molar-refractivity contribution is -0.144. The number of rotatable bonds is 8. The van der Waals surface area contributed by atoms with Crippen molar-refractivity contribution in [1.82, 2.24) is 5.32 Å². The van der Waals surface area contributed by atoms with Gasteiger partial charge in [-0.1, -0.05) is 18.2 Å². The Morgan fingerprint density at radius 3 is 2.62 bits per heavy atom. The fourth-order valence-corrected chi connectivity index (χ4v) is 2.64. The van der Waals surface area contributed by atoms with Crippen LogP contribution in [0.4, 0.5) is 5.69 Å². The second kappa shape index (κ2) is 6.48. The van der Waals surface area contributed by atoms with Crippen molar-refractivity contribution in [3.63, 3.8) is 0 Å². The maximum atomic E-state index is 11.6. The third-order valence-corrected chi connectivity index (χ3v) is 4.29. The summed E-state index contributed by atoms with van der Waals surface area (Å²) in [6.07, 6.45) is 2.79. The highest BCUT2D eigenvalue weighted by atomic mass is 16.4. The van der Waals surface area contributed by atoms with E-state index in [1.807, 2.05) is 12.1 Å². The van der Waals surface area contributed by atoms with E-state index < -0.39 is 11.5 Å². The number of hydrogen-bond acceptors (Lipinski definition) is 3. The first-order valence-corrected chi connectivity index (χ1v) is 7.78. The molecule has 1 saturated carbocycles. The van der Waals surface area contributed by atoms with E-state index in [9.17, 15) is 9.90 Å². The van der Waals surface area contributed by atoms with Crippen LogP contribution in [0.1, 0.15) is 38.7 Å². The Hall–Kier alpha value is -1.55. The van der Waals surface area contributed by atoms with Crippen molar-refractivity contribution in [2.75, 3.05) is 18.0 Å². The van der Waals surface area contributed by atoms with Gasteiger partial charge in [-0.05, 0) is 51.7 Å². The van der Waals surface area contributed by atoms with Crippen molar-refractivity contribution < 1.29 is 9.90 Å². The summed E-state index contributed by atoms with van der Waals surface area (Å²) in [5.41, 5.74) is 1.59. The number of para-hydroxylation sites is 1. The van der Waals surface area contributed by atoms with Crippen LogP contribution in [0.2, 0.25) is 0 Å². The standard InChI is InChI=1S/C17H26N2O2/c1-4-19(15-8-6-5-7-13(15)2)12-11-17(3,16(20)21)18-14-9-10-14/h5-8,14,18H,4,9-12H2,1-3H3,(H,20,21). The van der Waals surface area contributed by atoms with E-state index in [2.05, 4.69) is 36.2 Å². The highest BCUT2D eigenvalue weighted by Gasteiger charge is 2.38. The van der Waals surface area contributed by atoms with E-state index in [0.29, 0.717) is 12.5 Å². The Morgan fingerprint density at radius 2 is 2.10 bits per heavy atom. The molecule has 2 N–H and O–H groups in total. The van der Waals surface area contributed by atoms with Crippen LogP contribution < -0.4 is 10.2 Å². The molecule has 116 valence electrons. The molecule has 0 bridgehead atoms. The van der Waals surface area contributed by atoms with Crippen LogP contribution in [-0.4, -0.2) is 35.7 Å². The van der Waals surface area contributed by atoms with E-state index in [4.69, 9.17) is 0 Å². The Labute approximate surface area is 127 Å². The molecule has 2 rings (SSSR count). The smallest absolute Gasteiger partial charge is 0.323 e. The Morgan fingerprint density at radius 1 is 1.43 bits per heavy atom. The van der Waals surface area contributed by atoms with Gasteiger partial charge in [-0.2, -0.15) is 0 Å². The molecule has 0 aliphatic heterocycles. The molecule has 1 atom stereocenters. The second-order valence-electron chi connectivity index (χ2n) is 6.17. The lowest BCUT2D eigenvalue weighted by Gasteiger charge is -2.31. The number of carboxylic acid groups (broad SMARTS) is 1. The van der Waals surface area contributed by atoms with Crippen LogP contribution in [0.3, 0.4) is 0 Å². The summed E-state index contributed by atoms with van der Waals surface area (Å²) in [5.74, 6) is -0.754. The largest absolute Gasteiger partial charge is 0.480 e. The summed E-state index contributed by atoms with van der Waals surface area (Å²) in [6.45, 7) is 7.63.